The van der Waals surface area contributed by atoms with Crippen molar-refractivity contribution in [3.63, 3.8) is 0 Å². The first-order valence-corrected chi connectivity index (χ1v) is 3.89. The largest absolute Gasteiger partial charge is 0.343 e. The van der Waals surface area contributed by atoms with Gasteiger partial charge in [0.1, 0.15) is 0 Å². The third-order valence-electron chi connectivity index (χ3n) is 1.56. The van der Waals surface area contributed by atoms with E-state index in [1.54, 1.807) is 6.20 Å². The van der Waals surface area contributed by atoms with Crippen LogP contribution in [0.3, 0.4) is 0 Å². The van der Waals surface area contributed by atoms with E-state index in [0.717, 1.165) is 5.69 Å². The summed E-state index contributed by atoms with van der Waals surface area (Å²) in [5.74, 6) is 0.652. The quantitative estimate of drug-likeness (QED) is 0.694. The summed E-state index contributed by atoms with van der Waals surface area (Å²) in [6.45, 7) is 1.31. The molecule has 68 valence electrons. The normalized spacial score (nSPS) is 10.5. The predicted molar refractivity (Wildman–Crippen MR) is 43.4 cm³/mol. The molecule has 0 aliphatic heterocycles. The van der Waals surface area contributed by atoms with E-state index in [1.165, 1.54) is 6.39 Å². The lowest BCUT2D eigenvalue weighted by Gasteiger charge is -1.97. The SMILES string of the molecule is c1cc(CNCc2ncon2)[nH]n1. The van der Waals surface area contributed by atoms with Crippen LogP contribution in [0.15, 0.2) is 23.2 Å². The number of aromatic amines is 1. The average molecular weight is 179 g/mol. The Morgan fingerprint density at radius 1 is 1.46 bits per heavy atom. The highest BCUT2D eigenvalue weighted by molar-refractivity contribution is 4.96. The summed E-state index contributed by atoms with van der Waals surface area (Å²) in [5.41, 5.74) is 1.03. The van der Waals surface area contributed by atoms with Crippen molar-refractivity contribution in [3.05, 3.63) is 30.2 Å². The van der Waals surface area contributed by atoms with Crippen LogP contribution in [0.5, 0.6) is 0 Å². The lowest BCUT2D eigenvalue weighted by Crippen LogP contribution is -2.13. The number of H-pyrrole nitrogens is 1. The Balaban J connectivity index is 1.76. The van der Waals surface area contributed by atoms with Gasteiger partial charge in [0.05, 0.1) is 6.54 Å². The minimum Gasteiger partial charge on any atom is -0.343 e. The van der Waals surface area contributed by atoms with E-state index in [4.69, 9.17) is 0 Å². The molecule has 2 aromatic heterocycles. The zero-order valence-corrected chi connectivity index (χ0v) is 6.90. The van der Waals surface area contributed by atoms with Gasteiger partial charge in [-0.25, -0.2) is 0 Å². The molecule has 13 heavy (non-hydrogen) atoms. The summed E-state index contributed by atoms with van der Waals surface area (Å²) < 4.78 is 4.58. The minimum atomic E-state index is 0.593. The fourth-order valence-corrected chi connectivity index (χ4v) is 0.962. The van der Waals surface area contributed by atoms with Gasteiger partial charge in [-0.3, -0.25) is 5.10 Å². The highest BCUT2D eigenvalue weighted by atomic mass is 16.5. The first-order chi connectivity index (χ1) is 6.45. The van der Waals surface area contributed by atoms with Gasteiger partial charge in [-0.1, -0.05) is 5.16 Å². The molecule has 0 fully saturated rings. The van der Waals surface area contributed by atoms with Crippen LogP contribution in [0, 0.1) is 0 Å². The predicted octanol–water partition coefficient (Wildman–Crippen LogP) is 0.0825. The number of hydrogen-bond donors (Lipinski definition) is 2. The Bertz CT molecular complexity index is 293. The number of aromatic nitrogens is 4. The van der Waals surface area contributed by atoms with E-state index in [0.29, 0.717) is 18.9 Å². The molecule has 0 bridgehead atoms. The maximum absolute atomic E-state index is 4.58. The van der Waals surface area contributed by atoms with Crippen molar-refractivity contribution in [2.75, 3.05) is 0 Å². The molecular weight excluding hydrogens is 170 g/mol. The molecule has 0 saturated carbocycles. The van der Waals surface area contributed by atoms with E-state index in [1.807, 2.05) is 6.07 Å². The Labute approximate surface area is 74.4 Å². The summed E-state index contributed by atoms with van der Waals surface area (Å²) >= 11 is 0. The maximum atomic E-state index is 4.58. The topological polar surface area (TPSA) is 79.6 Å². The van der Waals surface area contributed by atoms with Gasteiger partial charge in [0.2, 0.25) is 6.39 Å². The zero-order chi connectivity index (χ0) is 8.93. The molecule has 2 rings (SSSR count). The van der Waals surface area contributed by atoms with E-state index >= 15 is 0 Å². The van der Waals surface area contributed by atoms with Crippen LogP contribution < -0.4 is 5.32 Å². The van der Waals surface area contributed by atoms with Crippen molar-refractivity contribution >= 4 is 0 Å². The maximum Gasteiger partial charge on any atom is 0.213 e. The second-order valence-electron chi connectivity index (χ2n) is 2.53. The third-order valence-corrected chi connectivity index (χ3v) is 1.56. The molecule has 0 aliphatic rings. The third kappa shape index (κ3) is 2.12. The van der Waals surface area contributed by atoms with Crippen molar-refractivity contribution < 1.29 is 4.52 Å². The second kappa shape index (κ2) is 3.81. The highest BCUT2D eigenvalue weighted by Crippen LogP contribution is 1.92. The average Bonchev–Trinajstić information content (AvgIpc) is 2.75. The summed E-state index contributed by atoms with van der Waals surface area (Å²) in [6, 6.07) is 1.91. The van der Waals surface area contributed by atoms with Gasteiger partial charge in [-0.05, 0) is 6.07 Å². The molecule has 6 heteroatoms. The van der Waals surface area contributed by atoms with Crippen LogP contribution >= 0.6 is 0 Å². The van der Waals surface area contributed by atoms with Crippen molar-refractivity contribution in [3.8, 4) is 0 Å². The smallest absolute Gasteiger partial charge is 0.213 e. The van der Waals surface area contributed by atoms with Crippen LogP contribution in [0.4, 0.5) is 0 Å². The first kappa shape index (κ1) is 7.93. The molecule has 0 radical (unpaired) electrons. The van der Waals surface area contributed by atoms with Crippen LogP contribution in [-0.2, 0) is 13.1 Å². The number of nitrogens with one attached hydrogen (secondary N) is 2. The Morgan fingerprint density at radius 3 is 3.15 bits per heavy atom. The van der Waals surface area contributed by atoms with E-state index in [2.05, 4.69) is 30.2 Å². The van der Waals surface area contributed by atoms with E-state index in [9.17, 15) is 0 Å². The summed E-state index contributed by atoms with van der Waals surface area (Å²) in [5, 5.41) is 13.5. The van der Waals surface area contributed by atoms with Crippen LogP contribution in [0.25, 0.3) is 0 Å². The summed E-state index contributed by atoms with van der Waals surface area (Å²) in [6.07, 6.45) is 3.03. The van der Waals surface area contributed by atoms with Gasteiger partial charge in [-0.2, -0.15) is 10.1 Å². The van der Waals surface area contributed by atoms with Gasteiger partial charge in [0.15, 0.2) is 5.82 Å². The Kier molecular flexibility index (Phi) is 2.33. The minimum absolute atomic E-state index is 0.593. The zero-order valence-electron chi connectivity index (χ0n) is 6.90. The van der Waals surface area contributed by atoms with Crippen LogP contribution in [0.1, 0.15) is 11.5 Å². The van der Waals surface area contributed by atoms with Gasteiger partial charge in [0, 0.05) is 18.4 Å². The molecule has 6 nitrogen and oxygen atoms in total. The van der Waals surface area contributed by atoms with Gasteiger partial charge in [0.25, 0.3) is 0 Å². The molecule has 2 N–H and O–H groups in total. The Morgan fingerprint density at radius 2 is 2.46 bits per heavy atom. The van der Waals surface area contributed by atoms with Gasteiger partial charge < -0.3 is 9.84 Å². The van der Waals surface area contributed by atoms with Crippen LogP contribution in [-0.4, -0.2) is 20.3 Å². The molecule has 2 heterocycles. The Hall–Kier alpha value is -1.69. The molecule has 0 saturated heterocycles. The van der Waals surface area contributed by atoms with E-state index < -0.39 is 0 Å². The van der Waals surface area contributed by atoms with Gasteiger partial charge in [-0.15, -0.1) is 0 Å². The first-order valence-electron chi connectivity index (χ1n) is 3.89. The van der Waals surface area contributed by atoms with Crippen molar-refractivity contribution in [1.82, 2.24) is 25.7 Å². The monoisotopic (exact) mass is 179 g/mol. The standard InChI is InChI=1S/C7H9N5O/c1-2-10-11-6(1)3-8-4-7-9-5-13-12-7/h1-2,5,8H,3-4H2,(H,10,11). The number of rotatable bonds is 4. The van der Waals surface area contributed by atoms with Crippen LogP contribution in [0.2, 0.25) is 0 Å². The molecule has 0 amide bonds. The van der Waals surface area contributed by atoms with Crippen molar-refractivity contribution in [1.29, 1.82) is 0 Å². The number of nitrogens with zero attached hydrogens (tertiary/aromatic N) is 3. The molecule has 0 aliphatic carbocycles. The molecule has 2 aromatic rings. The molecular formula is C7H9N5O. The number of hydrogen-bond acceptors (Lipinski definition) is 5. The molecule has 0 unspecified atom stereocenters. The second-order valence-corrected chi connectivity index (χ2v) is 2.53. The highest BCUT2D eigenvalue weighted by Gasteiger charge is 1.97. The summed E-state index contributed by atoms with van der Waals surface area (Å²) in [4.78, 5) is 3.87. The van der Waals surface area contributed by atoms with Crippen molar-refractivity contribution in [2.45, 2.75) is 13.1 Å². The molecule has 0 spiro atoms. The summed E-state index contributed by atoms with van der Waals surface area (Å²) in [7, 11) is 0. The molecule has 0 atom stereocenters. The van der Waals surface area contributed by atoms with E-state index in [-0.39, 0.29) is 0 Å². The van der Waals surface area contributed by atoms with Gasteiger partial charge >= 0.3 is 0 Å². The fourth-order valence-electron chi connectivity index (χ4n) is 0.962. The molecule has 0 aromatic carbocycles. The lowest BCUT2D eigenvalue weighted by molar-refractivity contribution is 0.407. The van der Waals surface area contributed by atoms with Crippen molar-refractivity contribution in [2.24, 2.45) is 0 Å². The lowest BCUT2D eigenvalue weighted by atomic mass is 10.4. The fraction of sp³-hybridized carbons (Fsp3) is 0.286.